The van der Waals surface area contributed by atoms with Crippen LogP contribution in [0.5, 0.6) is 5.75 Å². The van der Waals surface area contributed by atoms with Gasteiger partial charge in [-0.05, 0) is 49.1 Å². The third-order valence-corrected chi connectivity index (χ3v) is 5.14. The second-order valence-corrected chi connectivity index (χ2v) is 6.95. The lowest BCUT2D eigenvalue weighted by atomic mass is 10.0. The van der Waals surface area contributed by atoms with Crippen LogP contribution in [-0.4, -0.2) is 23.4 Å². The predicted octanol–water partition coefficient (Wildman–Crippen LogP) is 4.87. The Bertz CT molecular complexity index is 902. The van der Waals surface area contributed by atoms with Gasteiger partial charge in [0.05, 0.1) is 23.5 Å². The zero-order valence-corrected chi connectivity index (χ0v) is 15.6. The van der Waals surface area contributed by atoms with Crippen molar-refractivity contribution >= 4 is 17.4 Å². The molecule has 4 rings (SSSR count). The quantitative estimate of drug-likeness (QED) is 0.714. The number of ether oxygens (including phenoxy) is 1. The summed E-state index contributed by atoms with van der Waals surface area (Å²) in [4.78, 5) is 0. The summed E-state index contributed by atoms with van der Waals surface area (Å²) in [5.74, 6) is 1.95. The Morgan fingerprint density at radius 3 is 2.69 bits per heavy atom. The molecule has 1 aliphatic heterocycles. The van der Waals surface area contributed by atoms with Gasteiger partial charge in [-0.3, -0.25) is 0 Å². The summed E-state index contributed by atoms with van der Waals surface area (Å²) in [7, 11) is 1.69. The third kappa shape index (κ3) is 3.29. The fraction of sp³-hybridized carbons (Fsp3) is 0.286. The van der Waals surface area contributed by atoms with E-state index in [1.54, 1.807) is 7.11 Å². The lowest BCUT2D eigenvalue weighted by Crippen LogP contribution is -2.07. The molecule has 0 amide bonds. The minimum absolute atomic E-state index is 0.708. The molecule has 0 radical (unpaired) electrons. The van der Waals surface area contributed by atoms with Crippen molar-refractivity contribution in [1.82, 2.24) is 9.78 Å². The first kappa shape index (κ1) is 17.0. The molecule has 0 fully saturated rings. The molecule has 2 heterocycles. The molecule has 3 aromatic rings. The maximum Gasteiger partial charge on any atom is 0.133 e. The molecule has 1 aromatic heterocycles. The first-order valence-corrected chi connectivity index (χ1v) is 9.36. The predicted molar refractivity (Wildman–Crippen MR) is 106 cm³/mol. The van der Waals surface area contributed by atoms with Gasteiger partial charge in [-0.25, -0.2) is 4.68 Å². The Balaban J connectivity index is 1.75. The Morgan fingerprint density at radius 1 is 1.12 bits per heavy atom. The van der Waals surface area contributed by atoms with E-state index < -0.39 is 0 Å². The van der Waals surface area contributed by atoms with Crippen molar-refractivity contribution in [3.05, 3.63) is 70.4 Å². The van der Waals surface area contributed by atoms with E-state index in [0.29, 0.717) is 5.02 Å². The van der Waals surface area contributed by atoms with E-state index in [-0.39, 0.29) is 0 Å². The van der Waals surface area contributed by atoms with E-state index in [2.05, 4.69) is 17.4 Å². The summed E-state index contributed by atoms with van der Waals surface area (Å²) in [5.41, 5.74) is 4.56. The number of nitrogens with zero attached hydrogens (tertiary/aromatic N) is 2. The van der Waals surface area contributed by atoms with Crippen molar-refractivity contribution < 1.29 is 4.74 Å². The highest BCUT2D eigenvalue weighted by Gasteiger charge is 2.21. The van der Waals surface area contributed by atoms with Gasteiger partial charge < -0.3 is 10.1 Å². The smallest absolute Gasteiger partial charge is 0.133 e. The van der Waals surface area contributed by atoms with Gasteiger partial charge in [0.1, 0.15) is 11.6 Å². The van der Waals surface area contributed by atoms with Gasteiger partial charge >= 0.3 is 0 Å². The Hall–Kier alpha value is -2.46. The molecular weight excluding hydrogens is 346 g/mol. The number of rotatable bonds is 4. The fourth-order valence-corrected chi connectivity index (χ4v) is 3.67. The van der Waals surface area contributed by atoms with Crippen LogP contribution < -0.4 is 10.1 Å². The molecule has 134 valence electrons. The van der Waals surface area contributed by atoms with Gasteiger partial charge in [-0.15, -0.1) is 0 Å². The van der Waals surface area contributed by atoms with Gasteiger partial charge in [0.2, 0.25) is 0 Å². The van der Waals surface area contributed by atoms with E-state index in [4.69, 9.17) is 21.4 Å². The summed E-state index contributed by atoms with van der Waals surface area (Å²) in [6, 6.07) is 16.1. The number of benzene rings is 2. The van der Waals surface area contributed by atoms with Crippen LogP contribution in [0.4, 0.5) is 5.82 Å². The van der Waals surface area contributed by atoms with Crippen molar-refractivity contribution in [2.75, 3.05) is 19.0 Å². The minimum atomic E-state index is 0.708. The van der Waals surface area contributed by atoms with Crippen molar-refractivity contribution in [2.24, 2.45) is 0 Å². The van der Waals surface area contributed by atoms with Crippen molar-refractivity contribution in [2.45, 2.75) is 25.7 Å². The highest BCUT2D eigenvalue weighted by Crippen LogP contribution is 2.31. The molecule has 0 aliphatic carbocycles. The fourth-order valence-electron chi connectivity index (χ4n) is 3.45. The Morgan fingerprint density at radius 2 is 1.92 bits per heavy atom. The molecular formula is C21H22ClN3O. The molecule has 0 saturated heterocycles. The van der Waals surface area contributed by atoms with Gasteiger partial charge in [-0.2, -0.15) is 5.10 Å². The maximum atomic E-state index is 6.44. The van der Waals surface area contributed by atoms with Gasteiger partial charge in [0.25, 0.3) is 0 Å². The standard InChI is InChI=1S/C21H22ClN3O/c1-26-16-11-9-15(10-12-16)14-19-17-6-4-5-13-23-21(17)25(24-19)20-8-3-2-7-18(20)22/h2-3,7-12,23H,4-6,13-14H2,1H3. The minimum Gasteiger partial charge on any atom is -0.497 e. The average Bonchev–Trinajstić information content (AvgIpc) is 2.84. The number of fused-ring (bicyclic) bond motifs is 1. The third-order valence-electron chi connectivity index (χ3n) is 4.82. The second kappa shape index (κ2) is 7.42. The number of aromatic nitrogens is 2. The van der Waals surface area contributed by atoms with Gasteiger partial charge in [0, 0.05) is 18.5 Å². The summed E-state index contributed by atoms with van der Waals surface area (Å²) in [6.45, 7) is 0.963. The van der Waals surface area contributed by atoms with Gasteiger partial charge in [0.15, 0.2) is 0 Å². The lowest BCUT2D eigenvalue weighted by Gasteiger charge is -2.10. The van der Waals surface area contributed by atoms with Crippen LogP contribution in [0.1, 0.15) is 29.7 Å². The van der Waals surface area contributed by atoms with Crippen LogP contribution in [0.2, 0.25) is 5.02 Å². The summed E-state index contributed by atoms with van der Waals surface area (Å²) < 4.78 is 7.23. The maximum absolute atomic E-state index is 6.44. The lowest BCUT2D eigenvalue weighted by molar-refractivity contribution is 0.414. The van der Waals surface area contributed by atoms with Crippen LogP contribution >= 0.6 is 11.6 Å². The molecule has 0 atom stereocenters. The number of hydrogen-bond donors (Lipinski definition) is 1. The van der Waals surface area contributed by atoms with Crippen LogP contribution in [0.3, 0.4) is 0 Å². The van der Waals surface area contributed by atoms with E-state index >= 15 is 0 Å². The summed E-state index contributed by atoms with van der Waals surface area (Å²) >= 11 is 6.44. The highest BCUT2D eigenvalue weighted by atomic mass is 35.5. The number of anilines is 1. The van der Waals surface area contributed by atoms with Gasteiger partial charge in [-0.1, -0.05) is 35.9 Å². The number of hydrogen-bond acceptors (Lipinski definition) is 3. The average molecular weight is 368 g/mol. The first-order chi connectivity index (χ1) is 12.8. The first-order valence-electron chi connectivity index (χ1n) is 8.99. The molecule has 26 heavy (non-hydrogen) atoms. The molecule has 1 aliphatic rings. The van der Waals surface area contributed by atoms with Crippen molar-refractivity contribution in [1.29, 1.82) is 0 Å². The Kier molecular flexibility index (Phi) is 4.85. The van der Waals surface area contributed by atoms with Crippen molar-refractivity contribution in [3.8, 4) is 11.4 Å². The molecule has 5 heteroatoms. The number of nitrogens with one attached hydrogen (secondary N) is 1. The van der Waals surface area contributed by atoms with Crippen LogP contribution in [-0.2, 0) is 12.8 Å². The molecule has 0 unspecified atom stereocenters. The second-order valence-electron chi connectivity index (χ2n) is 6.55. The normalized spacial score (nSPS) is 13.6. The number of halogens is 1. The summed E-state index contributed by atoms with van der Waals surface area (Å²) in [6.07, 6.45) is 4.17. The van der Waals surface area contributed by atoms with Crippen molar-refractivity contribution in [3.63, 3.8) is 0 Å². The molecule has 0 saturated carbocycles. The Labute approximate surface area is 158 Å². The zero-order valence-electron chi connectivity index (χ0n) is 14.8. The molecule has 1 N–H and O–H groups in total. The zero-order chi connectivity index (χ0) is 17.9. The van der Waals surface area contributed by atoms with E-state index in [1.807, 2.05) is 41.1 Å². The van der Waals surface area contributed by atoms with E-state index in [9.17, 15) is 0 Å². The largest absolute Gasteiger partial charge is 0.497 e. The number of methoxy groups -OCH3 is 1. The summed E-state index contributed by atoms with van der Waals surface area (Å²) in [5, 5.41) is 9.21. The van der Waals surface area contributed by atoms with Crippen LogP contribution in [0.25, 0.3) is 5.69 Å². The van der Waals surface area contributed by atoms with E-state index in [1.165, 1.54) is 24.0 Å². The molecule has 2 aromatic carbocycles. The molecule has 0 spiro atoms. The highest BCUT2D eigenvalue weighted by molar-refractivity contribution is 6.32. The van der Waals surface area contributed by atoms with Crippen LogP contribution in [0, 0.1) is 0 Å². The molecule has 4 nitrogen and oxygen atoms in total. The molecule has 0 bridgehead atoms. The van der Waals surface area contributed by atoms with E-state index in [0.717, 1.165) is 42.3 Å². The monoisotopic (exact) mass is 367 g/mol. The topological polar surface area (TPSA) is 39.1 Å². The SMILES string of the molecule is COc1ccc(Cc2nn(-c3ccccc3Cl)c3c2CCCCN3)cc1. The number of para-hydroxylation sites is 1. The van der Waals surface area contributed by atoms with Crippen LogP contribution in [0.15, 0.2) is 48.5 Å².